The molecule has 2 aliphatic heterocycles. The standard InChI is InChI=1S/C20H31N3/c1-2-6-19(7-3-1)22-14-16-23(17-15-22)20-10-12-21(13-11-20)18-8-4-5-9-18/h1-3,6-7,18,20H,4-5,8-17H2. The number of likely N-dealkylation sites (tertiary alicyclic amines) is 1. The van der Waals surface area contributed by atoms with Crippen LogP contribution in [0.4, 0.5) is 5.69 Å². The first-order valence-corrected chi connectivity index (χ1v) is 9.68. The highest BCUT2D eigenvalue weighted by atomic mass is 15.3. The maximum Gasteiger partial charge on any atom is 0.0367 e. The predicted octanol–water partition coefficient (Wildman–Crippen LogP) is 3.22. The largest absolute Gasteiger partial charge is 0.369 e. The van der Waals surface area contributed by atoms with Gasteiger partial charge in [-0.1, -0.05) is 31.0 Å². The molecule has 0 unspecified atom stereocenters. The second-order valence-corrected chi connectivity index (χ2v) is 7.56. The molecule has 0 spiro atoms. The van der Waals surface area contributed by atoms with Crippen LogP contribution >= 0.6 is 0 Å². The fourth-order valence-corrected chi connectivity index (χ4v) is 4.87. The van der Waals surface area contributed by atoms with Crippen LogP contribution in [0, 0.1) is 0 Å². The number of hydrogen-bond donors (Lipinski definition) is 0. The number of nitrogens with zero attached hydrogens (tertiary/aromatic N) is 3. The minimum atomic E-state index is 0.838. The molecule has 126 valence electrons. The van der Waals surface area contributed by atoms with Gasteiger partial charge in [-0.3, -0.25) is 4.90 Å². The highest BCUT2D eigenvalue weighted by molar-refractivity contribution is 5.46. The van der Waals surface area contributed by atoms with Gasteiger partial charge in [-0.05, 0) is 50.9 Å². The highest BCUT2D eigenvalue weighted by Crippen LogP contribution is 2.28. The van der Waals surface area contributed by atoms with E-state index in [1.54, 1.807) is 0 Å². The Balaban J connectivity index is 1.25. The molecule has 3 heteroatoms. The molecule has 4 rings (SSSR count). The maximum absolute atomic E-state index is 2.80. The number of rotatable bonds is 3. The van der Waals surface area contributed by atoms with E-state index in [1.807, 2.05) is 0 Å². The second-order valence-electron chi connectivity index (χ2n) is 7.56. The molecule has 3 aliphatic rings. The molecule has 1 aliphatic carbocycles. The van der Waals surface area contributed by atoms with E-state index in [-0.39, 0.29) is 0 Å². The van der Waals surface area contributed by atoms with Crippen LogP contribution in [0.15, 0.2) is 30.3 Å². The Morgan fingerprint density at radius 1 is 0.609 bits per heavy atom. The van der Waals surface area contributed by atoms with Crippen LogP contribution in [0.5, 0.6) is 0 Å². The zero-order chi connectivity index (χ0) is 15.5. The van der Waals surface area contributed by atoms with Crippen molar-refractivity contribution in [3.63, 3.8) is 0 Å². The first-order chi connectivity index (χ1) is 11.4. The van der Waals surface area contributed by atoms with Gasteiger partial charge in [-0.2, -0.15) is 0 Å². The third-order valence-corrected chi connectivity index (χ3v) is 6.29. The Morgan fingerprint density at radius 3 is 1.83 bits per heavy atom. The Bertz CT molecular complexity index is 467. The molecule has 23 heavy (non-hydrogen) atoms. The number of piperidine rings is 1. The molecule has 1 saturated carbocycles. The first-order valence-electron chi connectivity index (χ1n) is 9.68. The zero-order valence-electron chi connectivity index (χ0n) is 14.4. The topological polar surface area (TPSA) is 9.72 Å². The van der Waals surface area contributed by atoms with E-state index in [9.17, 15) is 0 Å². The van der Waals surface area contributed by atoms with Gasteiger partial charge in [0.1, 0.15) is 0 Å². The average Bonchev–Trinajstić information content (AvgIpc) is 3.18. The lowest BCUT2D eigenvalue weighted by Crippen LogP contribution is -2.54. The molecule has 1 aromatic carbocycles. The molecule has 0 atom stereocenters. The third-order valence-electron chi connectivity index (χ3n) is 6.29. The van der Waals surface area contributed by atoms with Crippen LogP contribution in [-0.4, -0.2) is 61.2 Å². The average molecular weight is 313 g/mol. The normalized spacial score (nSPS) is 26.0. The minimum Gasteiger partial charge on any atom is -0.369 e. The molecule has 0 N–H and O–H groups in total. The number of anilines is 1. The fourth-order valence-electron chi connectivity index (χ4n) is 4.87. The van der Waals surface area contributed by atoms with Crippen LogP contribution in [-0.2, 0) is 0 Å². The molecule has 3 fully saturated rings. The van der Waals surface area contributed by atoms with E-state index >= 15 is 0 Å². The third kappa shape index (κ3) is 3.56. The Labute approximate surface area is 141 Å². The van der Waals surface area contributed by atoms with Gasteiger partial charge in [-0.25, -0.2) is 0 Å². The summed E-state index contributed by atoms with van der Waals surface area (Å²) in [5.41, 5.74) is 1.39. The van der Waals surface area contributed by atoms with Crippen LogP contribution in [0.3, 0.4) is 0 Å². The van der Waals surface area contributed by atoms with Crippen LogP contribution in [0.2, 0.25) is 0 Å². The first kappa shape index (κ1) is 15.5. The van der Waals surface area contributed by atoms with E-state index in [0.717, 1.165) is 12.1 Å². The summed E-state index contributed by atoms with van der Waals surface area (Å²) in [5, 5.41) is 0. The fraction of sp³-hybridized carbons (Fsp3) is 0.700. The molecule has 0 amide bonds. The summed E-state index contributed by atoms with van der Waals surface area (Å²) >= 11 is 0. The van der Waals surface area contributed by atoms with E-state index in [0.29, 0.717) is 0 Å². The lowest BCUT2D eigenvalue weighted by molar-refractivity contribution is 0.0812. The summed E-state index contributed by atoms with van der Waals surface area (Å²) in [6, 6.07) is 12.7. The Kier molecular flexibility index (Phi) is 4.86. The van der Waals surface area contributed by atoms with Crippen LogP contribution in [0.25, 0.3) is 0 Å². The zero-order valence-corrected chi connectivity index (χ0v) is 14.4. The van der Waals surface area contributed by atoms with Gasteiger partial charge in [0.15, 0.2) is 0 Å². The number of piperazine rings is 1. The SMILES string of the molecule is c1ccc(N2CCN(C3CCN(C4CCCC4)CC3)CC2)cc1. The van der Waals surface area contributed by atoms with Crippen molar-refractivity contribution in [3.8, 4) is 0 Å². The van der Waals surface area contributed by atoms with Crippen molar-refractivity contribution >= 4 is 5.69 Å². The monoisotopic (exact) mass is 313 g/mol. The summed E-state index contributed by atoms with van der Waals surface area (Å²) in [4.78, 5) is 8.11. The van der Waals surface area contributed by atoms with Crippen molar-refractivity contribution in [1.82, 2.24) is 9.80 Å². The molecule has 3 nitrogen and oxygen atoms in total. The summed E-state index contributed by atoms with van der Waals surface area (Å²) in [6.07, 6.45) is 8.63. The Morgan fingerprint density at radius 2 is 1.17 bits per heavy atom. The van der Waals surface area contributed by atoms with Crippen molar-refractivity contribution in [2.24, 2.45) is 0 Å². The van der Waals surface area contributed by atoms with Crippen molar-refractivity contribution in [2.45, 2.75) is 50.6 Å². The van der Waals surface area contributed by atoms with Gasteiger partial charge in [0.25, 0.3) is 0 Å². The van der Waals surface area contributed by atoms with Crippen LogP contribution in [0.1, 0.15) is 38.5 Å². The van der Waals surface area contributed by atoms with Crippen molar-refractivity contribution < 1.29 is 0 Å². The van der Waals surface area contributed by atoms with E-state index in [2.05, 4.69) is 45.0 Å². The molecule has 0 bridgehead atoms. The molecule has 2 heterocycles. The summed E-state index contributed by atoms with van der Waals surface area (Å²) in [6.45, 7) is 7.54. The lowest BCUT2D eigenvalue weighted by atomic mass is 10.00. The van der Waals surface area contributed by atoms with Gasteiger partial charge in [-0.15, -0.1) is 0 Å². The maximum atomic E-state index is 2.80. The van der Waals surface area contributed by atoms with E-state index in [1.165, 1.54) is 83.5 Å². The summed E-state index contributed by atoms with van der Waals surface area (Å²) < 4.78 is 0. The Hall–Kier alpha value is -1.06. The molecule has 0 radical (unpaired) electrons. The van der Waals surface area contributed by atoms with Gasteiger partial charge in [0.2, 0.25) is 0 Å². The van der Waals surface area contributed by atoms with Crippen molar-refractivity contribution in [2.75, 3.05) is 44.2 Å². The van der Waals surface area contributed by atoms with Gasteiger partial charge >= 0.3 is 0 Å². The molecule has 1 aromatic rings. The molecule has 2 saturated heterocycles. The van der Waals surface area contributed by atoms with Gasteiger partial charge in [0.05, 0.1) is 0 Å². The number of para-hydroxylation sites is 1. The number of hydrogen-bond acceptors (Lipinski definition) is 3. The lowest BCUT2D eigenvalue weighted by Gasteiger charge is -2.44. The quantitative estimate of drug-likeness (QED) is 0.848. The van der Waals surface area contributed by atoms with Crippen molar-refractivity contribution in [3.05, 3.63) is 30.3 Å². The molecular formula is C20H31N3. The minimum absolute atomic E-state index is 0.838. The van der Waals surface area contributed by atoms with Crippen molar-refractivity contribution in [1.29, 1.82) is 0 Å². The summed E-state index contributed by atoms with van der Waals surface area (Å²) in [5.74, 6) is 0. The molecular weight excluding hydrogens is 282 g/mol. The summed E-state index contributed by atoms with van der Waals surface area (Å²) in [7, 11) is 0. The highest BCUT2D eigenvalue weighted by Gasteiger charge is 2.30. The van der Waals surface area contributed by atoms with Gasteiger partial charge < -0.3 is 9.80 Å². The molecule has 0 aromatic heterocycles. The van der Waals surface area contributed by atoms with E-state index in [4.69, 9.17) is 0 Å². The smallest absolute Gasteiger partial charge is 0.0367 e. The van der Waals surface area contributed by atoms with Crippen LogP contribution < -0.4 is 4.90 Å². The van der Waals surface area contributed by atoms with E-state index < -0.39 is 0 Å². The predicted molar refractivity (Wildman–Crippen MR) is 97.1 cm³/mol. The van der Waals surface area contributed by atoms with Gasteiger partial charge in [0, 0.05) is 44.0 Å². The number of benzene rings is 1. The second kappa shape index (κ2) is 7.23.